The van der Waals surface area contributed by atoms with E-state index in [-0.39, 0.29) is 17.4 Å². The molecule has 2 atom stereocenters. The van der Waals surface area contributed by atoms with Crippen LogP contribution in [0, 0.1) is 0 Å². The normalized spacial score (nSPS) is 20.4. The quantitative estimate of drug-likeness (QED) is 0.419. The SMILES string of the molecule is CSc1sc(C(N)=O)c2c1-c1nc(Nc3cc(N4CC5CC4CN5C)ccc3OC(F)(F)F)ncc1CC2. The van der Waals surface area contributed by atoms with E-state index in [1.165, 1.54) is 29.2 Å². The number of likely N-dealkylation sites (N-methyl/N-ethyl adjacent to an activating group) is 1. The molecule has 1 aliphatic carbocycles. The van der Waals surface area contributed by atoms with Crippen molar-refractivity contribution in [2.24, 2.45) is 5.73 Å². The van der Waals surface area contributed by atoms with Crippen LogP contribution < -0.4 is 20.7 Å². The molecule has 2 fully saturated rings. The zero-order valence-electron chi connectivity index (χ0n) is 20.6. The van der Waals surface area contributed by atoms with Crippen molar-refractivity contribution in [1.82, 2.24) is 14.9 Å². The number of thiophene rings is 1. The van der Waals surface area contributed by atoms with Crippen molar-refractivity contribution in [3.05, 3.63) is 40.4 Å². The number of anilines is 3. The highest BCUT2D eigenvalue weighted by molar-refractivity contribution is 8.00. The molecule has 4 heterocycles. The molecule has 1 aromatic carbocycles. The molecule has 200 valence electrons. The Bertz CT molecular complexity index is 1430. The van der Waals surface area contributed by atoms with Gasteiger partial charge in [-0.3, -0.25) is 9.69 Å². The van der Waals surface area contributed by atoms with Crippen LogP contribution in [-0.4, -0.2) is 65.6 Å². The third-order valence-corrected chi connectivity index (χ3v) is 9.78. The van der Waals surface area contributed by atoms with Crippen LogP contribution in [0.25, 0.3) is 11.3 Å². The van der Waals surface area contributed by atoms with Crippen LogP contribution in [0.2, 0.25) is 0 Å². The predicted octanol–water partition coefficient (Wildman–Crippen LogP) is 4.66. The molecule has 8 nitrogen and oxygen atoms in total. The Morgan fingerprint density at radius 2 is 2.08 bits per heavy atom. The Morgan fingerprint density at radius 1 is 1.26 bits per heavy atom. The summed E-state index contributed by atoms with van der Waals surface area (Å²) in [4.78, 5) is 26.2. The van der Waals surface area contributed by atoms with Gasteiger partial charge < -0.3 is 20.7 Å². The van der Waals surface area contributed by atoms with E-state index in [1.54, 1.807) is 18.3 Å². The number of nitrogens with zero attached hydrogens (tertiary/aromatic N) is 4. The molecule has 0 saturated carbocycles. The number of likely N-dealkylation sites (tertiary alicyclic amines) is 1. The Balaban J connectivity index is 1.37. The van der Waals surface area contributed by atoms with E-state index in [0.29, 0.717) is 35.5 Å². The molecular formula is C25H25F3N6O2S2. The van der Waals surface area contributed by atoms with Crippen LogP contribution in [-0.2, 0) is 12.8 Å². The lowest BCUT2D eigenvalue weighted by molar-refractivity contribution is -0.274. The minimum atomic E-state index is -4.85. The lowest BCUT2D eigenvalue weighted by Gasteiger charge is -2.34. The van der Waals surface area contributed by atoms with Crippen molar-refractivity contribution < 1.29 is 22.7 Å². The maximum Gasteiger partial charge on any atom is 0.573 e. The number of hydrogen-bond donors (Lipinski definition) is 2. The van der Waals surface area contributed by atoms with Gasteiger partial charge in [-0.25, -0.2) is 9.97 Å². The molecule has 2 aromatic heterocycles. The summed E-state index contributed by atoms with van der Waals surface area (Å²) in [6.07, 6.45) is 1.06. The van der Waals surface area contributed by atoms with E-state index < -0.39 is 12.3 Å². The summed E-state index contributed by atoms with van der Waals surface area (Å²) in [5, 5.41) is 2.98. The fourth-order valence-corrected chi connectivity index (χ4v) is 7.64. The zero-order chi connectivity index (χ0) is 26.8. The van der Waals surface area contributed by atoms with Crippen LogP contribution in [0.3, 0.4) is 0 Å². The molecule has 3 N–H and O–H groups in total. The van der Waals surface area contributed by atoms with E-state index in [4.69, 9.17) is 10.7 Å². The number of rotatable bonds is 6. The number of hydrogen-bond acceptors (Lipinski definition) is 9. The summed E-state index contributed by atoms with van der Waals surface area (Å²) in [5.41, 5.74) is 9.84. The number of amides is 1. The Morgan fingerprint density at radius 3 is 2.74 bits per heavy atom. The molecule has 2 saturated heterocycles. The van der Waals surface area contributed by atoms with Crippen molar-refractivity contribution in [2.75, 3.05) is 36.6 Å². The minimum absolute atomic E-state index is 0.125. The highest BCUT2D eigenvalue weighted by Gasteiger charge is 2.42. The Hall–Kier alpha value is -3.03. The summed E-state index contributed by atoms with van der Waals surface area (Å²) in [6, 6.07) is 5.41. The molecule has 0 radical (unpaired) electrons. The number of nitrogens with two attached hydrogens (primary N) is 1. The second kappa shape index (κ2) is 9.31. The van der Waals surface area contributed by atoms with E-state index in [9.17, 15) is 18.0 Å². The average molecular weight is 563 g/mol. The van der Waals surface area contributed by atoms with Gasteiger partial charge in [0, 0.05) is 42.6 Å². The number of nitrogens with one attached hydrogen (secondary N) is 1. The highest BCUT2D eigenvalue weighted by Crippen LogP contribution is 2.46. The van der Waals surface area contributed by atoms with Gasteiger partial charge in [0.1, 0.15) is 0 Å². The molecule has 38 heavy (non-hydrogen) atoms. The zero-order valence-corrected chi connectivity index (χ0v) is 22.3. The van der Waals surface area contributed by atoms with Crippen molar-refractivity contribution in [2.45, 2.75) is 41.9 Å². The average Bonchev–Trinajstić information content (AvgIpc) is 3.56. The number of ether oxygens (including phenoxy) is 1. The first kappa shape index (κ1) is 25.3. The molecule has 3 aliphatic rings. The van der Waals surface area contributed by atoms with Gasteiger partial charge in [0.25, 0.3) is 5.91 Å². The number of thioether (sulfide) groups is 1. The molecule has 2 aliphatic heterocycles. The van der Waals surface area contributed by atoms with Crippen molar-refractivity contribution >= 4 is 46.3 Å². The number of piperazine rings is 1. The number of carbonyl (C=O) groups is 1. The first-order valence-corrected chi connectivity index (χ1v) is 14.1. The number of benzene rings is 1. The predicted molar refractivity (Wildman–Crippen MR) is 142 cm³/mol. The van der Waals surface area contributed by atoms with Crippen LogP contribution in [0.5, 0.6) is 5.75 Å². The van der Waals surface area contributed by atoms with Gasteiger partial charge in [0.2, 0.25) is 5.95 Å². The van der Waals surface area contributed by atoms with E-state index >= 15 is 0 Å². The third kappa shape index (κ3) is 4.46. The monoisotopic (exact) mass is 562 g/mol. The molecule has 3 aromatic rings. The first-order valence-electron chi connectivity index (χ1n) is 12.1. The summed E-state index contributed by atoms with van der Waals surface area (Å²) >= 11 is 2.84. The Labute approximate surface area is 225 Å². The number of fused-ring (bicyclic) bond motifs is 5. The number of halogens is 3. The lowest BCUT2D eigenvalue weighted by Crippen LogP contribution is -2.44. The van der Waals surface area contributed by atoms with Crippen LogP contribution in [0.1, 0.15) is 27.2 Å². The second-order valence-electron chi connectivity index (χ2n) is 9.70. The standard InChI is InChI=1S/C25H25F3N6O2S2/c1-33-10-15-7-14(33)11-34(15)13-4-6-18(36-25(26,27)28)17(8-13)31-24-30-9-12-3-5-16-19(20(12)32-24)23(37-2)38-21(16)22(29)35/h4,6,8-9,14-15H,3,5,7,10-11H2,1-2H3,(H2,29,35)(H,30,31,32). The van der Waals surface area contributed by atoms with Crippen LogP contribution in [0.15, 0.2) is 28.6 Å². The molecular weight excluding hydrogens is 537 g/mol. The van der Waals surface area contributed by atoms with Gasteiger partial charge in [0.15, 0.2) is 5.75 Å². The minimum Gasteiger partial charge on any atom is -0.404 e. The van der Waals surface area contributed by atoms with Gasteiger partial charge in [0.05, 0.1) is 20.5 Å². The van der Waals surface area contributed by atoms with Gasteiger partial charge in [-0.1, -0.05) is 0 Å². The third-order valence-electron chi connectivity index (χ3n) is 7.41. The van der Waals surface area contributed by atoms with E-state index in [2.05, 4.69) is 31.9 Å². The number of alkyl halides is 3. The molecule has 0 spiro atoms. The Kier molecular flexibility index (Phi) is 6.19. The molecule has 2 unspecified atom stereocenters. The van der Waals surface area contributed by atoms with Gasteiger partial charge >= 0.3 is 6.36 Å². The molecule has 1 amide bonds. The van der Waals surface area contributed by atoms with Gasteiger partial charge in [-0.05, 0) is 61.9 Å². The molecule has 13 heteroatoms. The number of aromatic nitrogens is 2. The van der Waals surface area contributed by atoms with Crippen LogP contribution >= 0.6 is 23.1 Å². The van der Waals surface area contributed by atoms with Crippen LogP contribution in [0.4, 0.5) is 30.5 Å². The van der Waals surface area contributed by atoms with Gasteiger partial charge in [-0.15, -0.1) is 36.3 Å². The fourth-order valence-electron chi connectivity index (χ4n) is 5.70. The molecule has 2 bridgehead atoms. The second-order valence-corrected chi connectivity index (χ2v) is 11.8. The summed E-state index contributed by atoms with van der Waals surface area (Å²) in [7, 11) is 2.09. The van der Waals surface area contributed by atoms with Crippen molar-refractivity contribution in [1.29, 1.82) is 0 Å². The maximum atomic E-state index is 13.2. The fraction of sp³-hybridized carbons (Fsp3) is 0.400. The number of carbonyl (C=O) groups excluding carboxylic acids is 1. The number of aryl methyl sites for hydroxylation is 1. The summed E-state index contributed by atoms with van der Waals surface area (Å²) in [6.45, 7) is 1.73. The smallest absolute Gasteiger partial charge is 0.404 e. The van der Waals surface area contributed by atoms with Crippen molar-refractivity contribution in [3.8, 4) is 17.0 Å². The topological polar surface area (TPSA) is 96.6 Å². The van der Waals surface area contributed by atoms with Crippen molar-refractivity contribution in [3.63, 3.8) is 0 Å². The largest absolute Gasteiger partial charge is 0.573 e. The highest BCUT2D eigenvalue weighted by atomic mass is 32.2. The first-order chi connectivity index (χ1) is 18.1. The molecule has 6 rings (SSSR count). The van der Waals surface area contributed by atoms with E-state index in [0.717, 1.165) is 46.1 Å². The number of primary amides is 1. The summed E-state index contributed by atoms with van der Waals surface area (Å²) in [5.74, 6) is -0.696. The van der Waals surface area contributed by atoms with E-state index in [1.807, 2.05) is 6.26 Å². The van der Waals surface area contributed by atoms with Gasteiger partial charge in [-0.2, -0.15) is 0 Å². The maximum absolute atomic E-state index is 13.2. The summed E-state index contributed by atoms with van der Waals surface area (Å²) < 4.78 is 44.9. The lowest BCUT2D eigenvalue weighted by atomic mass is 9.91.